The fourth-order valence-corrected chi connectivity index (χ4v) is 5.43. The number of nitriles is 1. The van der Waals surface area contributed by atoms with E-state index in [0.29, 0.717) is 30.0 Å². The molecule has 1 saturated heterocycles. The Bertz CT molecular complexity index is 1300. The molecule has 38 heavy (non-hydrogen) atoms. The maximum absolute atomic E-state index is 10.5. The quantitative estimate of drug-likeness (QED) is 0.347. The van der Waals surface area contributed by atoms with E-state index in [1.807, 2.05) is 51.1 Å². The van der Waals surface area contributed by atoms with E-state index in [0.717, 1.165) is 54.9 Å². The van der Waals surface area contributed by atoms with E-state index in [1.54, 1.807) is 12.3 Å². The summed E-state index contributed by atoms with van der Waals surface area (Å²) < 4.78 is 5.90. The Morgan fingerprint density at radius 3 is 2.84 bits per heavy atom. The second-order valence-corrected chi connectivity index (χ2v) is 9.97. The highest BCUT2D eigenvalue weighted by Crippen LogP contribution is 2.51. The number of oxime groups is 1. The van der Waals surface area contributed by atoms with Crippen molar-refractivity contribution in [1.82, 2.24) is 4.90 Å². The zero-order chi connectivity index (χ0) is 27.3. The smallest absolute Gasteiger partial charge is 0.243 e. The molecule has 8 heteroatoms. The highest BCUT2D eigenvalue weighted by molar-refractivity contribution is 5.90. The van der Waals surface area contributed by atoms with Crippen molar-refractivity contribution in [3.8, 4) is 17.6 Å². The molecule has 8 nitrogen and oxygen atoms in total. The number of ether oxygens (including phenoxy) is 1. The van der Waals surface area contributed by atoms with Gasteiger partial charge in [-0.05, 0) is 75.2 Å². The van der Waals surface area contributed by atoms with Crippen LogP contribution in [0.1, 0.15) is 70.1 Å². The number of rotatable bonds is 6. The fourth-order valence-electron chi connectivity index (χ4n) is 5.43. The first-order valence-corrected chi connectivity index (χ1v) is 13.3. The van der Waals surface area contributed by atoms with Crippen LogP contribution in [0.3, 0.4) is 0 Å². The minimum atomic E-state index is -0.684. The molecule has 200 valence electrons. The van der Waals surface area contributed by atoms with E-state index < -0.39 is 5.72 Å². The van der Waals surface area contributed by atoms with Crippen molar-refractivity contribution >= 4 is 18.2 Å². The van der Waals surface area contributed by atoms with Crippen molar-refractivity contribution in [3.05, 3.63) is 65.0 Å². The molecule has 3 aliphatic heterocycles. The molecular formula is C30H37N5O3. The summed E-state index contributed by atoms with van der Waals surface area (Å²) in [4.78, 5) is 12.4. The van der Waals surface area contributed by atoms with Crippen LogP contribution < -0.4 is 10.1 Å². The van der Waals surface area contributed by atoms with E-state index in [4.69, 9.17) is 9.57 Å². The summed E-state index contributed by atoms with van der Waals surface area (Å²) in [6.07, 6.45) is 6.12. The molecule has 2 atom stereocenters. The Morgan fingerprint density at radius 2 is 2.11 bits per heavy atom. The molecule has 0 radical (unpaired) electrons. The van der Waals surface area contributed by atoms with Crippen molar-refractivity contribution in [3.63, 3.8) is 0 Å². The molecule has 1 spiro atoms. The molecule has 0 saturated carbocycles. The van der Waals surface area contributed by atoms with Gasteiger partial charge in [0.05, 0.1) is 35.2 Å². The largest absolute Gasteiger partial charge is 0.506 e. The number of nitrogens with zero attached hydrogens (tertiary/aromatic N) is 4. The van der Waals surface area contributed by atoms with E-state index in [2.05, 4.69) is 40.1 Å². The predicted molar refractivity (Wildman–Crippen MR) is 150 cm³/mol. The molecule has 0 bridgehead atoms. The van der Waals surface area contributed by atoms with Crippen LogP contribution in [0.5, 0.6) is 11.5 Å². The van der Waals surface area contributed by atoms with E-state index in [1.165, 1.54) is 0 Å². The third kappa shape index (κ3) is 4.93. The van der Waals surface area contributed by atoms with Crippen LogP contribution in [0.15, 0.2) is 58.4 Å². The number of fused-ring (bicyclic) bond motifs is 4. The first kappa shape index (κ1) is 27.1. The summed E-state index contributed by atoms with van der Waals surface area (Å²) in [5.74, 6) is 1.88. The van der Waals surface area contributed by atoms with Gasteiger partial charge in [0, 0.05) is 24.6 Å². The molecule has 0 aliphatic carbocycles. The maximum atomic E-state index is 10.5. The second-order valence-electron chi connectivity index (χ2n) is 9.97. The standard InChI is InChI=1S/C28H31N5O3.C2H6/c1-19(30-3)18-31-23-8-6-20(15-24(23)34)9-11-27(2)10-4-13-33-26(27)32-36-28(33)12-14-35-25-16-21(17-29)5-7-22(25)28;1-2/h5-8,15-16,18,31,34H,3-4,9-14H2,1-2H3;1-2H3/b19-18-;. The predicted octanol–water partition coefficient (Wildman–Crippen LogP) is 6.28. The summed E-state index contributed by atoms with van der Waals surface area (Å²) in [6.45, 7) is 13.0. The van der Waals surface area contributed by atoms with Gasteiger partial charge in [-0.1, -0.05) is 32.0 Å². The van der Waals surface area contributed by atoms with Gasteiger partial charge in [-0.2, -0.15) is 5.26 Å². The lowest BCUT2D eigenvalue weighted by Crippen LogP contribution is -2.55. The molecule has 0 amide bonds. The SMILES string of the molecule is C=N/C(C)=C\Nc1ccc(CCC2(C)CCCN3C2=NOC32CCOc3cc(C#N)ccc32)cc1O.CC. The molecule has 0 aromatic heterocycles. The van der Waals surface area contributed by atoms with Crippen LogP contribution in [0, 0.1) is 16.7 Å². The van der Waals surface area contributed by atoms with Crippen molar-refractivity contribution < 1.29 is 14.7 Å². The normalized spacial score (nSPS) is 23.5. The lowest BCUT2D eigenvalue weighted by Gasteiger charge is -2.46. The highest BCUT2D eigenvalue weighted by atomic mass is 16.7. The molecule has 2 aromatic rings. The van der Waals surface area contributed by atoms with Crippen molar-refractivity contribution in [2.75, 3.05) is 18.5 Å². The number of allylic oxidation sites excluding steroid dienone is 1. The number of amidine groups is 1. The van der Waals surface area contributed by atoms with Gasteiger partial charge >= 0.3 is 0 Å². The minimum absolute atomic E-state index is 0.158. The second kappa shape index (κ2) is 11.2. The fraction of sp³-hybridized carbons (Fsp3) is 0.433. The number of nitrogens with one attached hydrogen (secondary N) is 1. The van der Waals surface area contributed by atoms with Gasteiger partial charge in [-0.25, -0.2) is 0 Å². The van der Waals surface area contributed by atoms with Crippen LogP contribution in [0.2, 0.25) is 0 Å². The lowest BCUT2D eigenvalue weighted by atomic mass is 9.75. The molecule has 2 N–H and O–H groups in total. The minimum Gasteiger partial charge on any atom is -0.506 e. The molecule has 5 rings (SSSR count). The Balaban J connectivity index is 0.00000164. The summed E-state index contributed by atoms with van der Waals surface area (Å²) in [6, 6.07) is 13.5. The van der Waals surface area contributed by atoms with Gasteiger partial charge in [0.15, 0.2) is 5.84 Å². The molecule has 3 aliphatic rings. The number of anilines is 1. The van der Waals surface area contributed by atoms with Gasteiger partial charge in [0.25, 0.3) is 0 Å². The van der Waals surface area contributed by atoms with Crippen LogP contribution in [0.25, 0.3) is 0 Å². The highest BCUT2D eigenvalue weighted by Gasteiger charge is 2.56. The van der Waals surface area contributed by atoms with Crippen LogP contribution in [-0.2, 0) is 17.0 Å². The molecule has 2 unspecified atom stereocenters. The number of hydrogen-bond acceptors (Lipinski definition) is 8. The van der Waals surface area contributed by atoms with Crippen LogP contribution in [0.4, 0.5) is 5.69 Å². The van der Waals surface area contributed by atoms with Crippen molar-refractivity contribution in [1.29, 1.82) is 5.26 Å². The zero-order valence-corrected chi connectivity index (χ0v) is 22.8. The first-order valence-electron chi connectivity index (χ1n) is 13.3. The summed E-state index contributed by atoms with van der Waals surface area (Å²) in [7, 11) is 0. The number of phenolic OH excluding ortho intramolecular Hbond substituents is 1. The van der Waals surface area contributed by atoms with Crippen molar-refractivity contribution in [2.24, 2.45) is 15.6 Å². The van der Waals surface area contributed by atoms with Crippen LogP contribution in [-0.4, -0.2) is 35.7 Å². The van der Waals surface area contributed by atoms with Gasteiger partial charge in [-0.15, -0.1) is 0 Å². The Labute approximate surface area is 225 Å². The first-order chi connectivity index (χ1) is 18.4. The monoisotopic (exact) mass is 515 g/mol. The average Bonchev–Trinajstić information content (AvgIpc) is 3.32. The Kier molecular flexibility index (Phi) is 7.96. The van der Waals surface area contributed by atoms with E-state index in [9.17, 15) is 10.4 Å². The third-order valence-corrected chi connectivity index (χ3v) is 7.57. The van der Waals surface area contributed by atoms with Gasteiger partial charge < -0.3 is 24.9 Å². The van der Waals surface area contributed by atoms with Gasteiger partial charge in [-0.3, -0.25) is 4.99 Å². The zero-order valence-electron chi connectivity index (χ0n) is 22.8. The number of hydrogen-bond donors (Lipinski definition) is 2. The molecule has 1 fully saturated rings. The number of aromatic hydroxyl groups is 1. The van der Waals surface area contributed by atoms with Gasteiger partial charge in [0.2, 0.25) is 5.72 Å². The third-order valence-electron chi connectivity index (χ3n) is 7.57. The van der Waals surface area contributed by atoms with E-state index in [-0.39, 0.29) is 11.2 Å². The Morgan fingerprint density at radius 1 is 1.29 bits per heavy atom. The van der Waals surface area contributed by atoms with Crippen molar-refractivity contribution in [2.45, 2.75) is 65.5 Å². The van der Waals surface area contributed by atoms with Crippen LogP contribution >= 0.6 is 0 Å². The Hall–Kier alpha value is -3.99. The molecule has 3 heterocycles. The maximum Gasteiger partial charge on any atom is 0.243 e. The summed E-state index contributed by atoms with van der Waals surface area (Å²) in [5, 5.41) is 27.5. The number of aryl methyl sites for hydroxylation is 1. The number of benzene rings is 2. The van der Waals surface area contributed by atoms with E-state index >= 15 is 0 Å². The lowest BCUT2D eigenvalue weighted by molar-refractivity contribution is -0.130. The topological polar surface area (TPSA) is 102 Å². The molecule has 2 aromatic carbocycles. The molecular weight excluding hydrogens is 478 g/mol. The summed E-state index contributed by atoms with van der Waals surface area (Å²) >= 11 is 0. The summed E-state index contributed by atoms with van der Waals surface area (Å²) in [5.41, 5.74) is 3.09. The number of phenols is 1. The number of aliphatic imine (C=N–C) groups is 1. The van der Waals surface area contributed by atoms with Gasteiger partial charge in [0.1, 0.15) is 11.5 Å². The number of piperidine rings is 1. The average molecular weight is 516 g/mol.